The van der Waals surface area contributed by atoms with Gasteiger partial charge in [0, 0.05) is 43.2 Å². The predicted molar refractivity (Wildman–Crippen MR) is 150 cm³/mol. The maximum Gasteiger partial charge on any atom is 0.490 e. The first kappa shape index (κ1) is 31.4. The van der Waals surface area contributed by atoms with Gasteiger partial charge in [0.1, 0.15) is 11.6 Å². The maximum absolute atomic E-state index is 14.9. The molecule has 3 aromatic carbocycles. The number of carbonyl (C=O) groups is 1. The Hall–Kier alpha value is -4.55. The minimum absolute atomic E-state index is 0.164. The number of imidazole rings is 1. The first-order chi connectivity index (χ1) is 20.2. The topological polar surface area (TPSA) is 86.4 Å². The molecule has 13 heteroatoms. The number of pyridine rings is 1. The fourth-order valence-electron chi connectivity index (χ4n) is 4.83. The number of ether oxygens (including phenoxy) is 1. The number of nitrogens with zero attached hydrogens (tertiary/aromatic N) is 3. The zero-order chi connectivity index (χ0) is 31.7. The SMILES string of the molecule is COC(c1ccc(Cl)cc1)(c1ccc2c(c1)c(-c1c(F)cccc1F)cc(=O)n2C)c1cncn1C.O=C(O)C(F)(F)F. The Morgan fingerprint density at radius 2 is 1.53 bits per heavy atom. The highest BCUT2D eigenvalue weighted by Crippen LogP contribution is 2.42. The third-order valence-electron chi connectivity index (χ3n) is 6.86. The molecule has 2 heterocycles. The largest absolute Gasteiger partial charge is 0.490 e. The molecule has 0 fully saturated rings. The summed E-state index contributed by atoms with van der Waals surface area (Å²) >= 11 is 6.17. The molecule has 1 unspecified atom stereocenters. The number of benzene rings is 3. The monoisotopic (exact) mass is 619 g/mol. The lowest BCUT2D eigenvalue weighted by molar-refractivity contribution is -0.192. The number of aryl methyl sites for hydroxylation is 2. The number of hydrogen-bond donors (Lipinski definition) is 1. The molecule has 0 saturated heterocycles. The standard InChI is InChI=1S/C28H22ClF2N3O2.C2HF3O2/c1-33-16-32-15-25(33)28(36-3,17-7-10-19(29)11-8-17)18-9-12-24-20(13-18)21(14-26(35)34(24)2)27-22(30)5-4-6-23(27)31;3-2(4,5)1(6)7/h4-16H,1-3H3;(H,6,7). The third kappa shape index (κ3) is 5.88. The van der Waals surface area contributed by atoms with Crippen molar-refractivity contribution in [2.45, 2.75) is 11.8 Å². The molecule has 43 heavy (non-hydrogen) atoms. The number of carboxylic acid groups (broad SMARTS) is 1. The lowest BCUT2D eigenvalue weighted by Crippen LogP contribution is -2.33. The van der Waals surface area contributed by atoms with Crippen molar-refractivity contribution >= 4 is 28.5 Å². The van der Waals surface area contributed by atoms with Gasteiger partial charge in [0.15, 0.2) is 5.60 Å². The summed E-state index contributed by atoms with van der Waals surface area (Å²) in [6, 6.07) is 17.6. The second-order valence-electron chi connectivity index (χ2n) is 9.37. The number of rotatable bonds is 5. The smallest absolute Gasteiger partial charge is 0.475 e. The highest BCUT2D eigenvalue weighted by Gasteiger charge is 2.40. The summed E-state index contributed by atoms with van der Waals surface area (Å²) in [7, 11) is 5.07. The van der Waals surface area contributed by atoms with Crippen LogP contribution < -0.4 is 5.56 Å². The minimum Gasteiger partial charge on any atom is -0.475 e. The molecule has 5 rings (SSSR count). The fraction of sp³-hybridized carbons (Fsp3) is 0.167. The van der Waals surface area contributed by atoms with Crippen LogP contribution >= 0.6 is 11.6 Å². The third-order valence-corrected chi connectivity index (χ3v) is 7.11. The van der Waals surface area contributed by atoms with Gasteiger partial charge in [-0.05, 0) is 47.5 Å². The van der Waals surface area contributed by atoms with E-state index in [-0.39, 0.29) is 16.7 Å². The molecule has 0 aliphatic heterocycles. The number of aromatic nitrogens is 3. The van der Waals surface area contributed by atoms with Crippen LogP contribution in [-0.2, 0) is 29.2 Å². The van der Waals surface area contributed by atoms with Gasteiger partial charge in [-0.3, -0.25) is 4.79 Å². The Kier molecular flexibility index (Phi) is 8.74. The van der Waals surface area contributed by atoms with Crippen molar-refractivity contribution in [2.75, 3.05) is 7.11 Å². The van der Waals surface area contributed by atoms with E-state index in [0.29, 0.717) is 21.5 Å². The Balaban J connectivity index is 0.000000541. The summed E-state index contributed by atoms with van der Waals surface area (Å²) in [6.07, 6.45) is -1.70. The van der Waals surface area contributed by atoms with Crippen molar-refractivity contribution in [2.24, 2.45) is 14.1 Å². The van der Waals surface area contributed by atoms with E-state index in [2.05, 4.69) is 4.98 Å². The molecule has 0 spiro atoms. The second-order valence-corrected chi connectivity index (χ2v) is 9.81. The average molecular weight is 620 g/mol. The van der Waals surface area contributed by atoms with Crippen LogP contribution in [0.25, 0.3) is 22.0 Å². The molecule has 2 aromatic heterocycles. The van der Waals surface area contributed by atoms with Gasteiger partial charge in [0.25, 0.3) is 5.56 Å². The van der Waals surface area contributed by atoms with Gasteiger partial charge >= 0.3 is 12.1 Å². The van der Waals surface area contributed by atoms with Crippen molar-refractivity contribution in [3.63, 3.8) is 0 Å². The van der Waals surface area contributed by atoms with Crippen molar-refractivity contribution in [3.05, 3.63) is 123 Å². The van der Waals surface area contributed by atoms with Gasteiger partial charge in [-0.15, -0.1) is 0 Å². The summed E-state index contributed by atoms with van der Waals surface area (Å²) in [4.78, 5) is 25.9. The van der Waals surface area contributed by atoms with Gasteiger partial charge in [-0.25, -0.2) is 18.6 Å². The molecule has 0 aliphatic carbocycles. The molecule has 0 amide bonds. The molecule has 224 valence electrons. The maximum atomic E-state index is 14.9. The van der Waals surface area contributed by atoms with E-state index in [1.165, 1.54) is 28.8 Å². The molecule has 0 bridgehead atoms. The van der Waals surface area contributed by atoms with Crippen LogP contribution in [0.2, 0.25) is 5.02 Å². The average Bonchev–Trinajstić information content (AvgIpc) is 3.38. The molecule has 0 saturated carbocycles. The van der Waals surface area contributed by atoms with Crippen molar-refractivity contribution in [1.29, 1.82) is 0 Å². The van der Waals surface area contributed by atoms with E-state index in [0.717, 1.165) is 11.3 Å². The summed E-state index contributed by atoms with van der Waals surface area (Å²) in [5.41, 5.74) is 1.11. The number of hydrogen-bond acceptors (Lipinski definition) is 4. The van der Waals surface area contributed by atoms with Gasteiger partial charge in [0.05, 0.1) is 29.3 Å². The number of aliphatic carboxylic acids is 1. The van der Waals surface area contributed by atoms with Crippen LogP contribution in [0, 0.1) is 11.6 Å². The summed E-state index contributed by atoms with van der Waals surface area (Å²) in [5, 5.41) is 8.19. The summed E-state index contributed by atoms with van der Waals surface area (Å²) < 4.78 is 71.0. The van der Waals surface area contributed by atoms with Crippen LogP contribution in [0.15, 0.2) is 84.0 Å². The van der Waals surface area contributed by atoms with Crippen LogP contribution in [0.1, 0.15) is 16.8 Å². The Morgan fingerprint density at radius 3 is 2.05 bits per heavy atom. The Morgan fingerprint density at radius 1 is 0.953 bits per heavy atom. The molecular weight excluding hydrogens is 597 g/mol. The molecule has 5 aromatic rings. The van der Waals surface area contributed by atoms with Crippen molar-refractivity contribution < 1.29 is 36.6 Å². The number of halogens is 6. The van der Waals surface area contributed by atoms with E-state index in [1.54, 1.807) is 50.9 Å². The quantitative estimate of drug-likeness (QED) is 0.229. The van der Waals surface area contributed by atoms with Crippen LogP contribution in [-0.4, -0.2) is 38.5 Å². The molecule has 0 radical (unpaired) electrons. The first-order valence-corrected chi connectivity index (χ1v) is 12.8. The first-order valence-electron chi connectivity index (χ1n) is 12.4. The highest BCUT2D eigenvalue weighted by atomic mass is 35.5. The zero-order valence-electron chi connectivity index (χ0n) is 22.8. The summed E-state index contributed by atoms with van der Waals surface area (Å²) in [5.74, 6) is -4.26. The van der Waals surface area contributed by atoms with E-state index >= 15 is 0 Å². The van der Waals surface area contributed by atoms with E-state index < -0.39 is 29.4 Å². The highest BCUT2D eigenvalue weighted by molar-refractivity contribution is 6.30. The van der Waals surface area contributed by atoms with Gasteiger partial charge < -0.3 is 19.0 Å². The van der Waals surface area contributed by atoms with Gasteiger partial charge in [-0.1, -0.05) is 35.9 Å². The molecular formula is C30H23ClF5N3O4. The van der Waals surface area contributed by atoms with E-state index in [4.69, 9.17) is 26.2 Å². The number of methoxy groups -OCH3 is 1. The second kappa shape index (κ2) is 12.0. The molecule has 1 atom stereocenters. The van der Waals surface area contributed by atoms with E-state index in [9.17, 15) is 26.7 Å². The lowest BCUT2D eigenvalue weighted by Gasteiger charge is -2.34. The number of fused-ring (bicyclic) bond motifs is 1. The number of carboxylic acids is 1. The Bertz CT molecular complexity index is 1850. The number of alkyl halides is 3. The van der Waals surface area contributed by atoms with Crippen molar-refractivity contribution in [1.82, 2.24) is 14.1 Å². The van der Waals surface area contributed by atoms with Gasteiger partial charge in [-0.2, -0.15) is 13.2 Å². The lowest BCUT2D eigenvalue weighted by atomic mass is 9.82. The van der Waals surface area contributed by atoms with Crippen LogP contribution in [0.5, 0.6) is 0 Å². The van der Waals surface area contributed by atoms with E-state index in [1.807, 2.05) is 29.8 Å². The van der Waals surface area contributed by atoms with Crippen molar-refractivity contribution in [3.8, 4) is 11.1 Å². The van der Waals surface area contributed by atoms with Crippen LogP contribution in [0.3, 0.4) is 0 Å². The fourth-order valence-corrected chi connectivity index (χ4v) is 4.95. The minimum atomic E-state index is -5.08. The van der Waals surface area contributed by atoms with Gasteiger partial charge in [0.2, 0.25) is 0 Å². The Labute approximate surface area is 246 Å². The van der Waals surface area contributed by atoms with Crippen LogP contribution in [0.4, 0.5) is 22.0 Å². The zero-order valence-corrected chi connectivity index (χ0v) is 23.5. The molecule has 7 nitrogen and oxygen atoms in total. The summed E-state index contributed by atoms with van der Waals surface area (Å²) in [6.45, 7) is 0. The molecule has 0 aliphatic rings. The molecule has 1 N–H and O–H groups in total. The normalized spacial score (nSPS) is 12.9. The predicted octanol–water partition coefficient (Wildman–Crippen LogP) is 6.44.